The molecule has 25 heavy (non-hydrogen) atoms. The van der Waals surface area contributed by atoms with Crippen molar-refractivity contribution in [3.05, 3.63) is 78.3 Å². The van der Waals surface area contributed by atoms with Gasteiger partial charge in [0.25, 0.3) is 0 Å². The van der Waals surface area contributed by atoms with E-state index in [2.05, 4.69) is 17.4 Å². The first-order valence-electron chi connectivity index (χ1n) is 8.29. The standard InChI is InChI=1S/C21H22N2O2/c1-16-8-13-20(25-16)14-23(2)15-21(24)22-19-11-9-18(10-12-19)17-6-4-3-5-7-17/h3-13H,14-15H2,1-2H3,(H,22,24). The Labute approximate surface area is 148 Å². The monoisotopic (exact) mass is 334 g/mol. The van der Waals surface area contributed by atoms with E-state index < -0.39 is 0 Å². The Morgan fingerprint density at radius 1 is 0.960 bits per heavy atom. The average molecular weight is 334 g/mol. The van der Waals surface area contributed by atoms with Gasteiger partial charge in [0.2, 0.25) is 5.91 Å². The van der Waals surface area contributed by atoms with Crippen molar-refractivity contribution in [2.75, 3.05) is 18.9 Å². The number of nitrogens with zero attached hydrogens (tertiary/aromatic N) is 1. The second-order valence-electron chi connectivity index (χ2n) is 6.18. The van der Waals surface area contributed by atoms with Gasteiger partial charge in [-0.25, -0.2) is 0 Å². The fraction of sp³-hybridized carbons (Fsp3) is 0.190. The topological polar surface area (TPSA) is 45.5 Å². The fourth-order valence-electron chi connectivity index (χ4n) is 2.71. The number of furan rings is 1. The van der Waals surface area contributed by atoms with Crippen LogP contribution in [0.25, 0.3) is 11.1 Å². The molecule has 0 fully saturated rings. The van der Waals surface area contributed by atoms with Gasteiger partial charge in [0, 0.05) is 5.69 Å². The van der Waals surface area contributed by atoms with Gasteiger partial charge in [-0.1, -0.05) is 42.5 Å². The SMILES string of the molecule is Cc1ccc(CN(C)CC(=O)Nc2ccc(-c3ccccc3)cc2)o1. The number of anilines is 1. The molecule has 0 saturated heterocycles. The minimum absolute atomic E-state index is 0.0433. The molecule has 2 aromatic carbocycles. The molecule has 3 rings (SSSR count). The Hall–Kier alpha value is -2.85. The van der Waals surface area contributed by atoms with Crippen molar-refractivity contribution in [3.63, 3.8) is 0 Å². The van der Waals surface area contributed by atoms with Crippen LogP contribution in [0.15, 0.2) is 71.1 Å². The van der Waals surface area contributed by atoms with Gasteiger partial charge in [-0.2, -0.15) is 0 Å². The van der Waals surface area contributed by atoms with Gasteiger partial charge in [0.05, 0.1) is 13.1 Å². The van der Waals surface area contributed by atoms with Crippen LogP contribution >= 0.6 is 0 Å². The molecule has 0 aliphatic rings. The Bertz CT molecular complexity index is 823. The fourth-order valence-corrected chi connectivity index (χ4v) is 2.71. The van der Waals surface area contributed by atoms with E-state index in [0.29, 0.717) is 13.1 Å². The number of carbonyl (C=O) groups is 1. The summed E-state index contributed by atoms with van der Waals surface area (Å²) in [6.07, 6.45) is 0. The Kier molecular flexibility index (Phi) is 5.31. The van der Waals surface area contributed by atoms with Crippen molar-refractivity contribution < 1.29 is 9.21 Å². The second kappa shape index (κ2) is 7.81. The van der Waals surface area contributed by atoms with E-state index in [9.17, 15) is 4.79 Å². The third kappa shape index (κ3) is 4.81. The highest BCUT2D eigenvalue weighted by Crippen LogP contribution is 2.21. The number of rotatable bonds is 6. The van der Waals surface area contributed by atoms with E-state index in [4.69, 9.17) is 4.42 Å². The number of nitrogens with one attached hydrogen (secondary N) is 1. The minimum Gasteiger partial charge on any atom is -0.465 e. The largest absolute Gasteiger partial charge is 0.465 e. The molecule has 128 valence electrons. The molecule has 3 aromatic rings. The number of amides is 1. The van der Waals surface area contributed by atoms with E-state index in [-0.39, 0.29) is 5.91 Å². The molecule has 4 heteroatoms. The van der Waals surface area contributed by atoms with Gasteiger partial charge in [-0.3, -0.25) is 9.69 Å². The molecule has 0 radical (unpaired) electrons. The summed E-state index contributed by atoms with van der Waals surface area (Å²) in [4.78, 5) is 14.1. The molecule has 1 heterocycles. The van der Waals surface area contributed by atoms with E-state index in [1.165, 1.54) is 0 Å². The van der Waals surface area contributed by atoms with Crippen molar-refractivity contribution >= 4 is 11.6 Å². The first kappa shape index (κ1) is 17.0. The highest BCUT2D eigenvalue weighted by molar-refractivity contribution is 5.92. The van der Waals surface area contributed by atoms with Crippen LogP contribution in [0.2, 0.25) is 0 Å². The van der Waals surface area contributed by atoms with Crippen LogP contribution in [0.4, 0.5) is 5.69 Å². The van der Waals surface area contributed by atoms with E-state index in [1.807, 2.05) is 73.5 Å². The zero-order chi connectivity index (χ0) is 17.6. The number of carbonyl (C=O) groups excluding carboxylic acids is 1. The quantitative estimate of drug-likeness (QED) is 0.730. The molecule has 1 N–H and O–H groups in total. The zero-order valence-electron chi connectivity index (χ0n) is 14.5. The van der Waals surface area contributed by atoms with Crippen LogP contribution in [0.5, 0.6) is 0 Å². The number of hydrogen-bond donors (Lipinski definition) is 1. The maximum Gasteiger partial charge on any atom is 0.238 e. The summed E-state index contributed by atoms with van der Waals surface area (Å²) in [5, 5.41) is 2.93. The van der Waals surface area contributed by atoms with E-state index >= 15 is 0 Å². The predicted molar refractivity (Wildman–Crippen MR) is 100 cm³/mol. The summed E-state index contributed by atoms with van der Waals surface area (Å²) >= 11 is 0. The Morgan fingerprint density at radius 2 is 1.64 bits per heavy atom. The van der Waals surface area contributed by atoms with Gasteiger partial charge < -0.3 is 9.73 Å². The van der Waals surface area contributed by atoms with Gasteiger partial charge in [-0.05, 0) is 49.4 Å². The highest BCUT2D eigenvalue weighted by Gasteiger charge is 2.09. The predicted octanol–water partition coefficient (Wildman–Crippen LogP) is 4.33. The molecular weight excluding hydrogens is 312 g/mol. The lowest BCUT2D eigenvalue weighted by atomic mass is 10.1. The summed E-state index contributed by atoms with van der Waals surface area (Å²) in [7, 11) is 1.90. The van der Waals surface area contributed by atoms with Crippen LogP contribution in [-0.4, -0.2) is 24.4 Å². The van der Waals surface area contributed by atoms with Crippen molar-refractivity contribution in [2.24, 2.45) is 0 Å². The van der Waals surface area contributed by atoms with Gasteiger partial charge >= 0.3 is 0 Å². The molecule has 0 atom stereocenters. The maximum absolute atomic E-state index is 12.2. The Balaban J connectivity index is 1.54. The van der Waals surface area contributed by atoms with Crippen LogP contribution in [-0.2, 0) is 11.3 Å². The zero-order valence-corrected chi connectivity index (χ0v) is 14.5. The first-order chi connectivity index (χ1) is 12.1. The second-order valence-corrected chi connectivity index (χ2v) is 6.18. The first-order valence-corrected chi connectivity index (χ1v) is 8.29. The average Bonchev–Trinajstić information content (AvgIpc) is 3.01. The molecule has 0 bridgehead atoms. The van der Waals surface area contributed by atoms with Crippen LogP contribution in [0.3, 0.4) is 0 Å². The van der Waals surface area contributed by atoms with E-state index in [1.54, 1.807) is 0 Å². The van der Waals surface area contributed by atoms with Crippen molar-refractivity contribution in [1.82, 2.24) is 4.90 Å². The number of hydrogen-bond acceptors (Lipinski definition) is 3. The van der Waals surface area contributed by atoms with Crippen molar-refractivity contribution in [3.8, 4) is 11.1 Å². The molecule has 4 nitrogen and oxygen atoms in total. The lowest BCUT2D eigenvalue weighted by molar-refractivity contribution is -0.117. The Morgan fingerprint density at radius 3 is 2.28 bits per heavy atom. The number of likely N-dealkylation sites (N-methyl/N-ethyl adjacent to an activating group) is 1. The van der Waals surface area contributed by atoms with Crippen molar-refractivity contribution in [1.29, 1.82) is 0 Å². The minimum atomic E-state index is -0.0433. The third-order valence-corrected chi connectivity index (χ3v) is 3.91. The summed E-state index contributed by atoms with van der Waals surface area (Å²) in [5.41, 5.74) is 3.09. The molecule has 0 aliphatic heterocycles. The molecule has 0 spiro atoms. The molecular formula is C21H22N2O2. The summed E-state index contributed by atoms with van der Waals surface area (Å²) in [5.74, 6) is 1.70. The lowest BCUT2D eigenvalue weighted by Crippen LogP contribution is -2.29. The molecule has 0 aliphatic carbocycles. The number of aryl methyl sites for hydroxylation is 1. The molecule has 0 unspecified atom stereocenters. The highest BCUT2D eigenvalue weighted by atomic mass is 16.3. The normalized spacial score (nSPS) is 10.8. The summed E-state index contributed by atoms with van der Waals surface area (Å²) in [6, 6.07) is 21.9. The summed E-state index contributed by atoms with van der Waals surface area (Å²) < 4.78 is 5.54. The van der Waals surface area contributed by atoms with Crippen LogP contribution in [0, 0.1) is 6.92 Å². The van der Waals surface area contributed by atoms with Crippen LogP contribution < -0.4 is 5.32 Å². The third-order valence-electron chi connectivity index (χ3n) is 3.91. The number of benzene rings is 2. The van der Waals surface area contributed by atoms with Gasteiger partial charge in [0.1, 0.15) is 11.5 Å². The van der Waals surface area contributed by atoms with E-state index in [0.717, 1.165) is 28.3 Å². The molecule has 1 amide bonds. The van der Waals surface area contributed by atoms with Gasteiger partial charge in [-0.15, -0.1) is 0 Å². The summed E-state index contributed by atoms with van der Waals surface area (Å²) in [6.45, 7) is 2.82. The van der Waals surface area contributed by atoms with Crippen molar-refractivity contribution in [2.45, 2.75) is 13.5 Å². The maximum atomic E-state index is 12.2. The molecule has 0 saturated carbocycles. The molecule has 1 aromatic heterocycles. The smallest absolute Gasteiger partial charge is 0.238 e. The lowest BCUT2D eigenvalue weighted by Gasteiger charge is -2.15. The van der Waals surface area contributed by atoms with Crippen LogP contribution in [0.1, 0.15) is 11.5 Å². The van der Waals surface area contributed by atoms with Gasteiger partial charge in [0.15, 0.2) is 0 Å².